The normalized spacial score (nSPS) is 10.1. The van der Waals surface area contributed by atoms with Crippen molar-refractivity contribution in [2.75, 3.05) is 7.05 Å². The number of amides is 1. The number of rotatable bonds is 5. The first-order valence-corrected chi connectivity index (χ1v) is 6.91. The van der Waals surface area contributed by atoms with E-state index in [0.29, 0.717) is 0 Å². The van der Waals surface area contributed by atoms with Gasteiger partial charge in [-0.1, -0.05) is 6.07 Å². The predicted molar refractivity (Wildman–Crippen MR) is 85.3 cm³/mol. The molecule has 0 aromatic heterocycles. The van der Waals surface area contributed by atoms with Gasteiger partial charge in [0.2, 0.25) is 0 Å². The smallest absolute Gasteiger partial charge is 0.415 e. The summed E-state index contributed by atoms with van der Waals surface area (Å²) in [4.78, 5) is 33.2. The Morgan fingerprint density at radius 1 is 1.12 bits per heavy atom. The molecular weight excluding hydrogens is 334 g/mol. The second kappa shape index (κ2) is 7.25. The number of aromatic hydroxyl groups is 1. The van der Waals surface area contributed by atoms with E-state index in [9.17, 15) is 30.1 Å². The first kappa shape index (κ1) is 17.7. The Morgan fingerprint density at radius 2 is 1.76 bits per heavy atom. The lowest BCUT2D eigenvalue weighted by Crippen LogP contribution is -2.29. The summed E-state index contributed by atoms with van der Waals surface area (Å²) in [5.74, 6) is -0.330. The van der Waals surface area contributed by atoms with Crippen LogP contribution in [0.5, 0.6) is 11.5 Å². The maximum atomic E-state index is 12.0. The molecule has 0 saturated carbocycles. The number of nitrogens with zero attached hydrogens (tertiary/aromatic N) is 3. The minimum Gasteiger partial charge on any atom is -0.507 e. The molecule has 1 N–H and O–H groups in total. The van der Waals surface area contributed by atoms with Gasteiger partial charge >= 0.3 is 6.09 Å². The molecule has 0 bridgehead atoms. The van der Waals surface area contributed by atoms with Gasteiger partial charge in [-0.25, -0.2) is 4.79 Å². The number of hydrogen-bond donors (Lipinski definition) is 1. The summed E-state index contributed by atoms with van der Waals surface area (Å²) >= 11 is 0. The fourth-order valence-corrected chi connectivity index (χ4v) is 1.96. The van der Waals surface area contributed by atoms with Crippen LogP contribution in [-0.2, 0) is 6.54 Å². The molecule has 0 unspecified atom stereocenters. The van der Waals surface area contributed by atoms with Gasteiger partial charge in [0.05, 0.1) is 28.5 Å². The SMILES string of the molecule is CN(Cc1ccc([N+](=O)[O-])cc1O)C(=O)Oc1cccc([N+](=O)[O-])c1. The number of carbonyl (C=O) groups is 1. The van der Waals surface area contributed by atoms with E-state index >= 15 is 0 Å². The van der Waals surface area contributed by atoms with Crippen molar-refractivity contribution in [3.8, 4) is 11.5 Å². The minimum atomic E-state index is -0.807. The van der Waals surface area contributed by atoms with Gasteiger partial charge in [-0.15, -0.1) is 0 Å². The molecule has 130 valence electrons. The van der Waals surface area contributed by atoms with Crippen LogP contribution in [0.3, 0.4) is 0 Å². The van der Waals surface area contributed by atoms with Crippen molar-refractivity contribution >= 4 is 17.5 Å². The molecule has 25 heavy (non-hydrogen) atoms. The zero-order valence-electron chi connectivity index (χ0n) is 13.0. The maximum absolute atomic E-state index is 12.0. The molecular formula is C15H13N3O7. The summed E-state index contributed by atoms with van der Waals surface area (Å²) in [5, 5.41) is 31.1. The molecule has 2 rings (SSSR count). The first-order chi connectivity index (χ1) is 11.8. The van der Waals surface area contributed by atoms with Crippen LogP contribution in [0, 0.1) is 20.2 Å². The molecule has 10 nitrogen and oxygen atoms in total. The van der Waals surface area contributed by atoms with Gasteiger partial charge in [-0.2, -0.15) is 0 Å². The number of phenols is 1. The highest BCUT2D eigenvalue weighted by Gasteiger charge is 2.17. The van der Waals surface area contributed by atoms with E-state index in [1.54, 1.807) is 0 Å². The number of hydrogen-bond acceptors (Lipinski definition) is 7. The molecule has 1 amide bonds. The van der Waals surface area contributed by atoms with Crippen LogP contribution >= 0.6 is 0 Å². The second-order valence-corrected chi connectivity index (χ2v) is 5.05. The van der Waals surface area contributed by atoms with Crippen molar-refractivity contribution < 1.29 is 24.5 Å². The monoisotopic (exact) mass is 347 g/mol. The van der Waals surface area contributed by atoms with Gasteiger partial charge in [0, 0.05) is 24.7 Å². The highest BCUT2D eigenvalue weighted by atomic mass is 16.6. The van der Waals surface area contributed by atoms with E-state index in [1.807, 2.05) is 0 Å². The van der Waals surface area contributed by atoms with E-state index < -0.39 is 15.9 Å². The lowest BCUT2D eigenvalue weighted by atomic mass is 10.1. The molecule has 10 heteroatoms. The maximum Gasteiger partial charge on any atom is 0.415 e. The zero-order valence-corrected chi connectivity index (χ0v) is 13.0. The number of nitro groups is 2. The molecule has 0 aliphatic rings. The zero-order chi connectivity index (χ0) is 18.6. The third-order valence-electron chi connectivity index (χ3n) is 3.23. The Morgan fingerprint density at radius 3 is 2.36 bits per heavy atom. The van der Waals surface area contributed by atoms with Crippen LogP contribution in [0.25, 0.3) is 0 Å². The Kier molecular flexibility index (Phi) is 5.12. The summed E-state index contributed by atoms with van der Waals surface area (Å²) in [6, 6.07) is 8.64. The summed E-state index contributed by atoms with van der Waals surface area (Å²) in [6.45, 7) is -0.0718. The molecule has 0 radical (unpaired) electrons. The fourth-order valence-electron chi connectivity index (χ4n) is 1.96. The van der Waals surface area contributed by atoms with Crippen LogP contribution < -0.4 is 4.74 Å². The summed E-state index contributed by atoms with van der Waals surface area (Å²) in [7, 11) is 1.39. The Balaban J connectivity index is 2.07. The van der Waals surface area contributed by atoms with E-state index in [-0.39, 0.29) is 35.0 Å². The van der Waals surface area contributed by atoms with Crippen LogP contribution in [0.15, 0.2) is 42.5 Å². The topological polar surface area (TPSA) is 136 Å². The minimum absolute atomic E-state index is 0.000952. The first-order valence-electron chi connectivity index (χ1n) is 6.91. The molecule has 0 spiro atoms. The summed E-state index contributed by atoms with van der Waals surface area (Å²) < 4.78 is 5.03. The van der Waals surface area contributed by atoms with Crippen LogP contribution in [0.2, 0.25) is 0 Å². The predicted octanol–water partition coefficient (Wildman–Crippen LogP) is 2.84. The molecule has 0 fully saturated rings. The van der Waals surface area contributed by atoms with Gasteiger partial charge in [-0.05, 0) is 12.1 Å². The van der Waals surface area contributed by atoms with E-state index in [2.05, 4.69) is 0 Å². The number of carbonyl (C=O) groups excluding carboxylic acids is 1. The lowest BCUT2D eigenvalue weighted by molar-refractivity contribution is -0.385. The Hall–Kier alpha value is -3.69. The number of non-ortho nitro benzene ring substituents is 2. The lowest BCUT2D eigenvalue weighted by Gasteiger charge is -2.17. The van der Waals surface area contributed by atoms with Crippen LogP contribution in [0.1, 0.15) is 5.56 Å². The van der Waals surface area contributed by atoms with Crippen molar-refractivity contribution in [1.29, 1.82) is 0 Å². The molecule has 0 aliphatic heterocycles. The van der Waals surface area contributed by atoms with Crippen molar-refractivity contribution in [3.05, 3.63) is 68.3 Å². The standard InChI is InChI=1S/C15H13N3O7/c1-16(9-10-5-6-12(18(23)24)8-14(10)19)15(20)25-13-4-2-3-11(7-13)17(21)22/h2-8,19H,9H2,1H3. The highest BCUT2D eigenvalue weighted by Crippen LogP contribution is 2.25. The van der Waals surface area contributed by atoms with Gasteiger partial charge in [0.1, 0.15) is 11.5 Å². The summed E-state index contributed by atoms with van der Waals surface area (Å²) in [5.41, 5.74) is -0.215. The number of ether oxygens (including phenoxy) is 1. The molecule has 0 atom stereocenters. The Bertz CT molecular complexity index is 838. The van der Waals surface area contributed by atoms with Gasteiger partial charge in [0.15, 0.2) is 0 Å². The third-order valence-corrected chi connectivity index (χ3v) is 3.23. The van der Waals surface area contributed by atoms with E-state index in [0.717, 1.165) is 17.0 Å². The molecule has 2 aromatic carbocycles. The second-order valence-electron chi connectivity index (χ2n) is 5.05. The average molecular weight is 347 g/mol. The largest absolute Gasteiger partial charge is 0.507 e. The van der Waals surface area contributed by atoms with Gasteiger partial charge < -0.3 is 14.7 Å². The van der Waals surface area contributed by atoms with Crippen molar-refractivity contribution in [1.82, 2.24) is 4.90 Å². The van der Waals surface area contributed by atoms with Crippen molar-refractivity contribution in [2.45, 2.75) is 6.54 Å². The molecule has 0 aliphatic carbocycles. The summed E-state index contributed by atoms with van der Waals surface area (Å²) in [6.07, 6.45) is -0.807. The fraction of sp³-hybridized carbons (Fsp3) is 0.133. The Labute approximate surface area is 141 Å². The van der Waals surface area contributed by atoms with Crippen molar-refractivity contribution in [3.63, 3.8) is 0 Å². The molecule has 0 heterocycles. The average Bonchev–Trinajstić information content (AvgIpc) is 2.56. The van der Waals surface area contributed by atoms with Gasteiger partial charge in [-0.3, -0.25) is 20.2 Å². The number of nitro benzene ring substituents is 2. The van der Waals surface area contributed by atoms with Crippen LogP contribution in [0.4, 0.5) is 16.2 Å². The number of benzene rings is 2. The van der Waals surface area contributed by atoms with E-state index in [4.69, 9.17) is 4.74 Å². The highest BCUT2D eigenvalue weighted by molar-refractivity contribution is 5.70. The van der Waals surface area contributed by atoms with E-state index in [1.165, 1.54) is 37.4 Å². The van der Waals surface area contributed by atoms with Crippen molar-refractivity contribution in [2.24, 2.45) is 0 Å². The third kappa shape index (κ3) is 4.41. The molecule has 0 saturated heterocycles. The number of phenolic OH excluding ortho intramolecular Hbond substituents is 1. The molecule has 2 aromatic rings. The van der Waals surface area contributed by atoms with Crippen LogP contribution in [-0.4, -0.2) is 33.0 Å². The van der Waals surface area contributed by atoms with Gasteiger partial charge in [0.25, 0.3) is 11.4 Å². The quantitative estimate of drug-likeness (QED) is 0.648.